The first kappa shape index (κ1) is 27.3. The Hall–Kier alpha value is -3.73. The number of carbonyl (C=O) groups excluding carboxylic acids is 1. The van der Waals surface area contributed by atoms with Crippen LogP contribution in [-0.4, -0.2) is 43.0 Å². The van der Waals surface area contributed by atoms with E-state index in [1.807, 2.05) is 18.7 Å². The number of halogens is 1. The van der Waals surface area contributed by atoms with Crippen molar-refractivity contribution in [3.63, 3.8) is 0 Å². The number of nitrogens with two attached hydrogens (primary N) is 1. The molecule has 0 aliphatic carbocycles. The molecule has 202 valence electrons. The monoisotopic (exact) mass is 541 g/mol. The second-order valence-electron chi connectivity index (χ2n) is 10.7. The molecule has 0 unspecified atom stereocenters. The molecule has 1 saturated heterocycles. The normalized spacial score (nSPS) is 16.3. The Morgan fingerprint density at radius 3 is 2.53 bits per heavy atom. The second kappa shape index (κ2) is 9.86. The Kier molecular flexibility index (Phi) is 7.09. The number of rotatable bonds is 7. The number of anilines is 2. The van der Waals surface area contributed by atoms with Gasteiger partial charge in [0.1, 0.15) is 28.1 Å². The molecular weight excluding hydrogens is 509 g/mol. The average Bonchev–Trinajstić information content (AvgIpc) is 3.05. The van der Waals surface area contributed by atoms with E-state index in [0.717, 1.165) is 6.42 Å². The summed E-state index contributed by atoms with van der Waals surface area (Å²) in [6.07, 6.45) is 2.15. The van der Waals surface area contributed by atoms with Gasteiger partial charge in [-0.2, -0.15) is 0 Å². The molecule has 0 saturated carbocycles. The van der Waals surface area contributed by atoms with Crippen LogP contribution in [0.3, 0.4) is 0 Å². The first-order chi connectivity index (χ1) is 17.8. The van der Waals surface area contributed by atoms with Crippen molar-refractivity contribution in [2.75, 3.05) is 23.8 Å². The smallest absolute Gasteiger partial charge is 0.268 e. The number of hydrogen-bond donors (Lipinski definition) is 2. The van der Waals surface area contributed by atoms with Gasteiger partial charge in [-0.15, -0.1) is 0 Å². The molecule has 9 nitrogen and oxygen atoms in total. The highest BCUT2D eigenvalue weighted by molar-refractivity contribution is 7.90. The number of nitrogen functional groups attached to an aromatic ring is 1. The van der Waals surface area contributed by atoms with Gasteiger partial charge in [0.15, 0.2) is 0 Å². The zero-order chi connectivity index (χ0) is 27.9. The molecule has 0 atom stereocenters. The van der Waals surface area contributed by atoms with Crippen LogP contribution in [0, 0.1) is 11.2 Å². The molecule has 1 aliphatic heterocycles. The minimum Gasteiger partial charge on any atom is -0.493 e. The van der Waals surface area contributed by atoms with Crippen LogP contribution < -0.4 is 20.1 Å². The minimum absolute atomic E-state index is 0.0276. The first-order valence-electron chi connectivity index (χ1n) is 12.2. The first-order valence-corrected chi connectivity index (χ1v) is 13.7. The van der Waals surface area contributed by atoms with E-state index in [1.54, 1.807) is 19.1 Å². The summed E-state index contributed by atoms with van der Waals surface area (Å²) in [5.41, 5.74) is 5.66. The van der Waals surface area contributed by atoms with E-state index in [4.69, 9.17) is 15.5 Å². The molecule has 0 spiro atoms. The van der Waals surface area contributed by atoms with Crippen molar-refractivity contribution in [1.82, 2.24) is 14.7 Å². The van der Waals surface area contributed by atoms with Crippen molar-refractivity contribution in [1.29, 1.82) is 0 Å². The van der Waals surface area contributed by atoms with Gasteiger partial charge in [-0.25, -0.2) is 27.5 Å². The Morgan fingerprint density at radius 2 is 1.89 bits per heavy atom. The fourth-order valence-electron chi connectivity index (χ4n) is 5.19. The Morgan fingerprint density at radius 1 is 1.16 bits per heavy atom. The number of nitrogens with zero attached hydrogens (tertiary/aromatic N) is 3. The SMILES string of the molecule is CCOc1cccc(F)c1-c1ccc(C(=O)NS(=O)(=O)c2cccnc2N)c(N2CC(C)(C)CC2(C)C)n1. The lowest BCUT2D eigenvalue weighted by Gasteiger charge is -2.34. The largest absolute Gasteiger partial charge is 0.493 e. The number of benzene rings is 1. The lowest BCUT2D eigenvalue weighted by molar-refractivity contribution is 0.0981. The maximum Gasteiger partial charge on any atom is 0.268 e. The number of amides is 1. The molecule has 4 rings (SSSR count). The maximum absolute atomic E-state index is 15.0. The summed E-state index contributed by atoms with van der Waals surface area (Å²) in [7, 11) is -4.33. The maximum atomic E-state index is 15.0. The van der Waals surface area contributed by atoms with Gasteiger partial charge >= 0.3 is 0 Å². The lowest BCUT2D eigenvalue weighted by atomic mass is 9.86. The van der Waals surface area contributed by atoms with Crippen LogP contribution in [0.1, 0.15) is 51.4 Å². The Balaban J connectivity index is 1.85. The highest BCUT2D eigenvalue weighted by Crippen LogP contribution is 2.44. The van der Waals surface area contributed by atoms with Crippen molar-refractivity contribution >= 4 is 27.6 Å². The van der Waals surface area contributed by atoms with E-state index in [1.165, 1.54) is 36.5 Å². The number of hydrogen-bond acceptors (Lipinski definition) is 8. The fourth-order valence-corrected chi connectivity index (χ4v) is 6.24. The molecule has 1 fully saturated rings. The zero-order valence-corrected chi connectivity index (χ0v) is 22.9. The average molecular weight is 542 g/mol. The summed E-state index contributed by atoms with van der Waals surface area (Å²) in [6, 6.07) is 10.1. The minimum atomic E-state index is -4.33. The predicted molar refractivity (Wildman–Crippen MR) is 144 cm³/mol. The number of pyridine rings is 2. The summed E-state index contributed by atoms with van der Waals surface area (Å²) in [5.74, 6) is -1.08. The second-order valence-corrected chi connectivity index (χ2v) is 12.3. The van der Waals surface area contributed by atoms with Crippen LogP contribution in [0.4, 0.5) is 16.0 Å². The van der Waals surface area contributed by atoms with Gasteiger partial charge in [-0.1, -0.05) is 19.9 Å². The van der Waals surface area contributed by atoms with E-state index in [2.05, 4.69) is 23.6 Å². The van der Waals surface area contributed by atoms with Crippen LogP contribution in [0.5, 0.6) is 5.75 Å². The highest BCUT2D eigenvalue weighted by Gasteiger charge is 2.45. The lowest BCUT2D eigenvalue weighted by Crippen LogP contribution is -2.41. The zero-order valence-electron chi connectivity index (χ0n) is 22.1. The molecule has 38 heavy (non-hydrogen) atoms. The van der Waals surface area contributed by atoms with Gasteiger partial charge in [0.05, 0.1) is 23.4 Å². The Labute approximate surface area is 222 Å². The Bertz CT molecular complexity index is 1490. The summed E-state index contributed by atoms with van der Waals surface area (Å²) in [4.78, 5) is 23.7. The standard InChI is InChI=1S/C27H32FN5O4S/c1-6-37-20-10-7-9-18(28)22(20)19-13-12-17(24(31-19)33-16-26(2,3)15-27(33,4)5)25(34)32-38(35,36)21-11-8-14-30-23(21)29/h7-14H,6,15-16H2,1-5H3,(H2,29,30)(H,32,34). The molecule has 1 amide bonds. The van der Waals surface area contributed by atoms with E-state index in [-0.39, 0.29) is 38.8 Å². The van der Waals surface area contributed by atoms with Gasteiger partial charge in [-0.3, -0.25) is 4.79 Å². The van der Waals surface area contributed by atoms with E-state index in [0.29, 0.717) is 18.9 Å². The van der Waals surface area contributed by atoms with Crippen molar-refractivity contribution in [3.8, 4) is 17.0 Å². The van der Waals surface area contributed by atoms with Crippen LogP contribution in [-0.2, 0) is 10.0 Å². The van der Waals surface area contributed by atoms with Gasteiger partial charge in [0.25, 0.3) is 15.9 Å². The van der Waals surface area contributed by atoms with Gasteiger partial charge in [0, 0.05) is 18.3 Å². The van der Waals surface area contributed by atoms with Crippen molar-refractivity contribution in [2.24, 2.45) is 5.41 Å². The van der Waals surface area contributed by atoms with Crippen LogP contribution in [0.15, 0.2) is 53.6 Å². The fraction of sp³-hybridized carbons (Fsp3) is 0.370. The number of carbonyl (C=O) groups is 1. The number of sulfonamides is 1. The molecule has 2 aromatic heterocycles. The summed E-state index contributed by atoms with van der Waals surface area (Å²) in [5, 5.41) is 0. The molecule has 3 N–H and O–H groups in total. The predicted octanol–water partition coefficient (Wildman–Crippen LogP) is 4.40. The van der Waals surface area contributed by atoms with Crippen LogP contribution in [0.25, 0.3) is 11.3 Å². The summed E-state index contributed by atoms with van der Waals surface area (Å²) >= 11 is 0. The molecule has 11 heteroatoms. The summed E-state index contributed by atoms with van der Waals surface area (Å²) < 4.78 is 48.8. The third-order valence-electron chi connectivity index (χ3n) is 6.45. The van der Waals surface area contributed by atoms with Crippen molar-refractivity contribution in [2.45, 2.75) is 51.5 Å². The quantitative estimate of drug-likeness (QED) is 0.451. The molecule has 3 heterocycles. The molecule has 1 aromatic carbocycles. The molecule has 0 bridgehead atoms. The molecule has 1 aliphatic rings. The highest BCUT2D eigenvalue weighted by atomic mass is 32.2. The van der Waals surface area contributed by atoms with Crippen LogP contribution >= 0.6 is 0 Å². The van der Waals surface area contributed by atoms with E-state index in [9.17, 15) is 13.2 Å². The van der Waals surface area contributed by atoms with E-state index >= 15 is 4.39 Å². The molecular formula is C27H32FN5O4S. The third-order valence-corrected chi connectivity index (χ3v) is 7.83. The molecule has 0 radical (unpaired) electrons. The van der Waals surface area contributed by atoms with Crippen molar-refractivity contribution < 1.29 is 22.3 Å². The topological polar surface area (TPSA) is 128 Å². The van der Waals surface area contributed by atoms with Gasteiger partial charge in [0.2, 0.25) is 0 Å². The third kappa shape index (κ3) is 5.28. The van der Waals surface area contributed by atoms with E-state index < -0.39 is 27.3 Å². The van der Waals surface area contributed by atoms with Gasteiger partial charge < -0.3 is 15.4 Å². The number of ether oxygens (including phenoxy) is 1. The number of nitrogens with one attached hydrogen (secondary N) is 1. The number of aromatic nitrogens is 2. The summed E-state index contributed by atoms with van der Waals surface area (Å²) in [6.45, 7) is 10.9. The van der Waals surface area contributed by atoms with Gasteiger partial charge in [-0.05, 0) is 69.0 Å². The van der Waals surface area contributed by atoms with Crippen molar-refractivity contribution in [3.05, 3.63) is 60.0 Å². The molecule has 3 aromatic rings. The van der Waals surface area contributed by atoms with Crippen LogP contribution in [0.2, 0.25) is 0 Å².